The number of carbonyl (C=O) groups is 2. The summed E-state index contributed by atoms with van der Waals surface area (Å²) < 4.78 is 11.0. The van der Waals surface area contributed by atoms with Crippen LogP contribution in [0.2, 0.25) is 0 Å². The number of ether oxygens (including phenoxy) is 2. The number of hydrogen-bond donors (Lipinski definition) is 2. The maximum Gasteiger partial charge on any atom is 0.407 e. The maximum absolute atomic E-state index is 12.7. The fourth-order valence-corrected chi connectivity index (χ4v) is 5.43. The molecule has 2 aliphatic rings. The van der Waals surface area contributed by atoms with Crippen LogP contribution in [0.25, 0.3) is 11.1 Å². The fraction of sp³-hybridized carbons (Fsp3) is 0.333. The number of nitrogens with zero attached hydrogens (tertiary/aromatic N) is 1. The van der Waals surface area contributed by atoms with E-state index in [1.807, 2.05) is 56.3 Å². The SMILES string of the molecule is Cc1cc(N2CCOCC2)c(C)cc1CC(NC(=O)OCC1c2ccccc2-c2ccccc21)C(=O)O. The minimum absolute atomic E-state index is 0.0842. The standard InChI is InChI=1S/C30H32N2O5/c1-19-16-28(32-11-13-36-14-12-32)20(2)15-21(19)17-27(29(33)34)31-30(35)37-18-26-24-9-5-3-7-22(24)23-8-4-6-10-25(23)26/h3-10,15-16,26-27H,11-14,17-18H2,1-2H3,(H,31,35)(H,33,34). The molecule has 3 aromatic rings. The van der Waals surface area contributed by atoms with E-state index in [9.17, 15) is 14.7 Å². The lowest BCUT2D eigenvalue weighted by atomic mass is 9.97. The zero-order chi connectivity index (χ0) is 25.9. The van der Waals surface area contributed by atoms with Gasteiger partial charge in [-0.1, -0.05) is 54.6 Å². The highest BCUT2D eigenvalue weighted by Crippen LogP contribution is 2.44. The molecule has 7 nitrogen and oxygen atoms in total. The summed E-state index contributed by atoms with van der Waals surface area (Å²) in [6, 6.07) is 19.2. The van der Waals surface area contributed by atoms with E-state index in [-0.39, 0.29) is 18.9 Å². The number of fused-ring (bicyclic) bond motifs is 3. The van der Waals surface area contributed by atoms with E-state index >= 15 is 0 Å². The highest BCUT2D eigenvalue weighted by atomic mass is 16.5. The van der Waals surface area contributed by atoms with E-state index < -0.39 is 18.1 Å². The van der Waals surface area contributed by atoms with Crippen molar-refractivity contribution in [3.63, 3.8) is 0 Å². The van der Waals surface area contributed by atoms with Gasteiger partial charge in [-0.05, 0) is 58.9 Å². The van der Waals surface area contributed by atoms with Gasteiger partial charge in [-0.15, -0.1) is 0 Å². The number of carbonyl (C=O) groups excluding carboxylic acids is 1. The molecule has 3 aromatic carbocycles. The van der Waals surface area contributed by atoms with E-state index in [1.54, 1.807) is 0 Å². The monoisotopic (exact) mass is 500 g/mol. The van der Waals surface area contributed by atoms with Gasteiger partial charge < -0.3 is 24.8 Å². The van der Waals surface area contributed by atoms with E-state index in [0.29, 0.717) is 13.2 Å². The normalized spacial score (nSPS) is 15.6. The Kier molecular flexibility index (Phi) is 7.15. The molecule has 192 valence electrons. The largest absolute Gasteiger partial charge is 0.480 e. The zero-order valence-electron chi connectivity index (χ0n) is 21.2. The highest BCUT2D eigenvalue weighted by molar-refractivity contribution is 5.81. The third kappa shape index (κ3) is 5.18. The Bertz CT molecular complexity index is 1270. The first kappa shape index (κ1) is 24.8. The van der Waals surface area contributed by atoms with Crippen LogP contribution in [-0.2, 0) is 20.7 Å². The molecule has 37 heavy (non-hydrogen) atoms. The van der Waals surface area contributed by atoms with Crippen LogP contribution in [0.1, 0.15) is 33.7 Å². The van der Waals surface area contributed by atoms with Gasteiger partial charge in [-0.2, -0.15) is 0 Å². The predicted molar refractivity (Wildman–Crippen MR) is 142 cm³/mol. The Balaban J connectivity index is 1.25. The third-order valence-corrected chi connectivity index (χ3v) is 7.36. The lowest BCUT2D eigenvalue weighted by Gasteiger charge is -2.31. The van der Waals surface area contributed by atoms with Crippen molar-refractivity contribution in [3.05, 3.63) is 88.5 Å². The number of nitrogens with one attached hydrogen (secondary N) is 1. The molecular weight excluding hydrogens is 468 g/mol. The molecule has 1 atom stereocenters. The van der Waals surface area contributed by atoms with Gasteiger partial charge in [-0.25, -0.2) is 9.59 Å². The number of aryl methyl sites for hydroxylation is 2. The van der Waals surface area contributed by atoms with Crippen LogP contribution in [-0.4, -0.2) is 56.1 Å². The molecule has 0 spiro atoms. The maximum atomic E-state index is 12.7. The molecular formula is C30H32N2O5. The topological polar surface area (TPSA) is 88.1 Å². The van der Waals surface area contributed by atoms with E-state index in [0.717, 1.165) is 57.7 Å². The number of benzene rings is 3. The first-order chi connectivity index (χ1) is 17.9. The van der Waals surface area contributed by atoms with Crippen molar-refractivity contribution in [2.24, 2.45) is 0 Å². The van der Waals surface area contributed by atoms with Crippen LogP contribution < -0.4 is 10.2 Å². The van der Waals surface area contributed by atoms with Crippen LogP contribution in [0.3, 0.4) is 0 Å². The number of anilines is 1. The Morgan fingerprint density at radius 3 is 2.24 bits per heavy atom. The summed E-state index contributed by atoms with van der Waals surface area (Å²) in [6.45, 7) is 7.21. The molecule has 1 aliphatic heterocycles. The van der Waals surface area contributed by atoms with Gasteiger partial charge in [0.2, 0.25) is 0 Å². The highest BCUT2D eigenvalue weighted by Gasteiger charge is 2.30. The van der Waals surface area contributed by atoms with Gasteiger partial charge in [0.25, 0.3) is 0 Å². The second-order valence-corrected chi connectivity index (χ2v) is 9.73. The van der Waals surface area contributed by atoms with E-state index in [2.05, 4.69) is 28.4 Å². The van der Waals surface area contributed by atoms with Crippen LogP contribution in [0.5, 0.6) is 0 Å². The average molecular weight is 501 g/mol. The second-order valence-electron chi connectivity index (χ2n) is 9.73. The third-order valence-electron chi connectivity index (χ3n) is 7.36. The number of amides is 1. The lowest BCUT2D eigenvalue weighted by Crippen LogP contribution is -2.43. The quantitative estimate of drug-likeness (QED) is 0.490. The Morgan fingerprint density at radius 1 is 1.00 bits per heavy atom. The fourth-order valence-electron chi connectivity index (χ4n) is 5.43. The summed E-state index contributed by atoms with van der Waals surface area (Å²) >= 11 is 0. The Labute approximate surface area is 217 Å². The number of carboxylic acid groups (broad SMARTS) is 1. The van der Waals surface area contributed by atoms with E-state index in [4.69, 9.17) is 9.47 Å². The van der Waals surface area contributed by atoms with Crippen molar-refractivity contribution in [1.29, 1.82) is 0 Å². The molecule has 0 saturated carbocycles. The van der Waals surface area contributed by atoms with Crippen molar-refractivity contribution in [1.82, 2.24) is 5.32 Å². The van der Waals surface area contributed by atoms with Gasteiger partial charge >= 0.3 is 12.1 Å². The van der Waals surface area contributed by atoms with Gasteiger partial charge in [-0.3, -0.25) is 0 Å². The number of carboxylic acids is 1. The van der Waals surface area contributed by atoms with Crippen LogP contribution in [0.4, 0.5) is 10.5 Å². The molecule has 2 N–H and O–H groups in total. The van der Waals surface area contributed by atoms with Crippen molar-refractivity contribution >= 4 is 17.7 Å². The first-order valence-electron chi connectivity index (χ1n) is 12.7. The van der Waals surface area contributed by atoms with Crippen molar-refractivity contribution in [2.75, 3.05) is 37.8 Å². The predicted octanol–water partition coefficient (Wildman–Crippen LogP) is 4.67. The van der Waals surface area contributed by atoms with Gasteiger partial charge in [0.1, 0.15) is 12.6 Å². The minimum atomic E-state index is -1.09. The van der Waals surface area contributed by atoms with Gasteiger partial charge in [0.15, 0.2) is 0 Å². The number of aliphatic carboxylic acids is 1. The molecule has 7 heteroatoms. The van der Waals surface area contributed by atoms with Crippen molar-refractivity contribution in [2.45, 2.75) is 32.2 Å². The smallest absolute Gasteiger partial charge is 0.407 e. The van der Waals surface area contributed by atoms with Crippen molar-refractivity contribution < 1.29 is 24.2 Å². The summed E-state index contributed by atoms with van der Waals surface area (Å²) in [4.78, 5) is 27.1. The molecule has 0 aromatic heterocycles. The minimum Gasteiger partial charge on any atom is -0.480 e. The number of alkyl carbamates (subject to hydrolysis) is 1. The second kappa shape index (κ2) is 10.6. The number of morpholine rings is 1. The first-order valence-corrected chi connectivity index (χ1v) is 12.7. The molecule has 0 radical (unpaired) electrons. The number of rotatable bonds is 7. The molecule has 1 unspecified atom stereocenters. The summed E-state index contributed by atoms with van der Waals surface area (Å²) in [5, 5.41) is 12.4. The molecule has 1 heterocycles. The average Bonchev–Trinajstić information content (AvgIpc) is 3.23. The van der Waals surface area contributed by atoms with Crippen LogP contribution >= 0.6 is 0 Å². The van der Waals surface area contributed by atoms with Gasteiger partial charge in [0.05, 0.1) is 13.2 Å². The summed E-state index contributed by atoms with van der Waals surface area (Å²) in [7, 11) is 0. The lowest BCUT2D eigenvalue weighted by molar-refractivity contribution is -0.139. The van der Waals surface area contributed by atoms with Crippen LogP contribution in [0.15, 0.2) is 60.7 Å². The zero-order valence-corrected chi connectivity index (χ0v) is 21.2. The molecule has 1 amide bonds. The Hall–Kier alpha value is -3.84. The summed E-state index contributed by atoms with van der Waals surface area (Å²) in [5.74, 6) is -1.18. The van der Waals surface area contributed by atoms with E-state index in [1.165, 1.54) is 0 Å². The summed E-state index contributed by atoms with van der Waals surface area (Å²) in [6.07, 6.45) is -0.552. The Morgan fingerprint density at radius 2 is 1.62 bits per heavy atom. The molecule has 0 bridgehead atoms. The molecule has 1 fully saturated rings. The summed E-state index contributed by atoms with van der Waals surface area (Å²) in [5.41, 5.74) is 8.60. The van der Waals surface area contributed by atoms with Gasteiger partial charge in [0, 0.05) is 31.1 Å². The van der Waals surface area contributed by atoms with Crippen LogP contribution in [0, 0.1) is 13.8 Å². The number of hydrogen-bond acceptors (Lipinski definition) is 5. The molecule has 5 rings (SSSR count). The molecule has 1 saturated heterocycles. The molecule has 1 aliphatic carbocycles. The van der Waals surface area contributed by atoms with Crippen molar-refractivity contribution in [3.8, 4) is 11.1 Å².